The Balaban J connectivity index is 1.81. The number of primary amides is 1. The van der Waals surface area contributed by atoms with Crippen LogP contribution in [0.3, 0.4) is 0 Å². The summed E-state index contributed by atoms with van der Waals surface area (Å²) in [6.45, 7) is 0. The number of nitrogens with one attached hydrogen (secondary N) is 1. The number of carbonyl (C=O) groups excluding carboxylic acids is 2. The van der Waals surface area contributed by atoms with Gasteiger partial charge in [-0.1, -0.05) is 16.8 Å². The molecule has 0 aliphatic rings. The van der Waals surface area contributed by atoms with E-state index in [4.69, 9.17) is 26.6 Å². The van der Waals surface area contributed by atoms with E-state index in [0.717, 1.165) is 0 Å². The minimum atomic E-state index is -0.861. The molecule has 2 amide bonds. The molecule has 0 aliphatic heterocycles. The topological polar surface area (TPSA) is 120 Å². The first-order valence-corrected chi connectivity index (χ1v) is 8.67. The van der Waals surface area contributed by atoms with E-state index < -0.39 is 17.9 Å². The number of nitrogens with two attached hydrogens (primary N) is 1. The molecule has 0 aliphatic carbocycles. The first-order valence-electron chi connectivity index (χ1n) is 8.29. The number of nitrogens with zero attached hydrogens (tertiary/aromatic N) is 2. The highest BCUT2D eigenvalue weighted by atomic mass is 35.5. The van der Waals surface area contributed by atoms with Crippen LogP contribution in [0.2, 0.25) is 5.02 Å². The molecule has 1 heterocycles. The van der Waals surface area contributed by atoms with E-state index in [1.807, 2.05) is 0 Å². The van der Waals surface area contributed by atoms with Gasteiger partial charge in [-0.3, -0.25) is 9.59 Å². The minimum Gasteiger partial charge on any atom is -0.497 e. The number of rotatable bonds is 7. The largest absolute Gasteiger partial charge is 0.497 e. The molecule has 0 spiro atoms. The third-order valence-corrected chi connectivity index (χ3v) is 4.16. The number of benzene rings is 2. The van der Waals surface area contributed by atoms with Crippen molar-refractivity contribution in [3.8, 4) is 17.1 Å². The molecule has 9 heteroatoms. The molecular formula is C19H17ClN4O4. The van der Waals surface area contributed by atoms with E-state index >= 15 is 0 Å². The quantitative estimate of drug-likeness (QED) is 0.629. The number of hydrogen-bond donors (Lipinski definition) is 2. The lowest BCUT2D eigenvalue weighted by molar-refractivity contribution is -0.118. The average Bonchev–Trinajstić information content (AvgIpc) is 3.18. The zero-order chi connectivity index (χ0) is 20.1. The molecule has 0 fully saturated rings. The van der Waals surface area contributed by atoms with Crippen molar-refractivity contribution in [2.75, 3.05) is 7.11 Å². The number of methoxy groups -OCH3 is 1. The van der Waals surface area contributed by atoms with Gasteiger partial charge in [0.05, 0.1) is 13.5 Å². The highest BCUT2D eigenvalue weighted by Crippen LogP contribution is 2.23. The Labute approximate surface area is 165 Å². The first-order chi connectivity index (χ1) is 13.5. The maximum atomic E-state index is 12.5. The van der Waals surface area contributed by atoms with Crippen LogP contribution in [0, 0.1) is 0 Å². The van der Waals surface area contributed by atoms with Crippen molar-refractivity contribution in [2.45, 2.75) is 12.5 Å². The lowest BCUT2D eigenvalue weighted by Crippen LogP contribution is -2.32. The van der Waals surface area contributed by atoms with Crippen molar-refractivity contribution in [3.05, 3.63) is 65.0 Å². The zero-order valence-corrected chi connectivity index (χ0v) is 15.6. The predicted molar refractivity (Wildman–Crippen MR) is 102 cm³/mol. The van der Waals surface area contributed by atoms with Gasteiger partial charge in [0, 0.05) is 16.1 Å². The molecule has 0 unspecified atom stereocenters. The number of carbonyl (C=O) groups is 2. The summed E-state index contributed by atoms with van der Waals surface area (Å²) in [5.41, 5.74) is 6.36. The van der Waals surface area contributed by atoms with Gasteiger partial charge in [0.15, 0.2) is 0 Å². The van der Waals surface area contributed by atoms with Gasteiger partial charge in [-0.25, -0.2) is 0 Å². The summed E-state index contributed by atoms with van der Waals surface area (Å²) in [4.78, 5) is 28.2. The van der Waals surface area contributed by atoms with Crippen LogP contribution in [-0.2, 0) is 4.79 Å². The Morgan fingerprint density at radius 2 is 1.86 bits per heavy atom. The summed E-state index contributed by atoms with van der Waals surface area (Å²) in [5.74, 6) is 0.0341. The van der Waals surface area contributed by atoms with Crippen LogP contribution in [0.25, 0.3) is 11.4 Å². The lowest BCUT2D eigenvalue weighted by atomic mass is 10.1. The van der Waals surface area contributed by atoms with E-state index in [9.17, 15) is 9.59 Å². The minimum absolute atomic E-state index is 0.0759. The second kappa shape index (κ2) is 8.53. The van der Waals surface area contributed by atoms with Gasteiger partial charge >= 0.3 is 0 Å². The Hall–Kier alpha value is -3.39. The summed E-state index contributed by atoms with van der Waals surface area (Å²) >= 11 is 5.83. The molecule has 8 nitrogen and oxygen atoms in total. The average molecular weight is 401 g/mol. The molecule has 2 aromatic carbocycles. The third kappa shape index (κ3) is 4.66. The zero-order valence-electron chi connectivity index (χ0n) is 14.9. The fourth-order valence-corrected chi connectivity index (χ4v) is 2.60. The van der Waals surface area contributed by atoms with Crippen LogP contribution in [0.5, 0.6) is 5.75 Å². The molecule has 1 aromatic heterocycles. The number of halogens is 1. The Morgan fingerprint density at radius 3 is 2.46 bits per heavy atom. The van der Waals surface area contributed by atoms with Gasteiger partial charge in [-0.05, 0) is 48.5 Å². The Bertz CT molecular complexity index is 970. The van der Waals surface area contributed by atoms with Crippen LogP contribution >= 0.6 is 11.6 Å². The van der Waals surface area contributed by atoms with Gasteiger partial charge in [-0.15, -0.1) is 0 Å². The van der Waals surface area contributed by atoms with Crippen LogP contribution in [0.15, 0.2) is 53.1 Å². The molecule has 0 radical (unpaired) electrons. The van der Waals surface area contributed by atoms with Crippen LogP contribution < -0.4 is 15.8 Å². The Kier molecular flexibility index (Phi) is 5.90. The molecule has 1 atom stereocenters. The van der Waals surface area contributed by atoms with Gasteiger partial charge in [0.2, 0.25) is 17.6 Å². The van der Waals surface area contributed by atoms with Gasteiger partial charge in [0.1, 0.15) is 11.8 Å². The molecular weight excluding hydrogens is 384 g/mol. The fourth-order valence-electron chi connectivity index (χ4n) is 2.48. The standard InChI is InChI=1S/C19H17ClN4O4/c1-27-14-8-4-11(5-9-14)17-23-19(28-24-17)15(10-16(21)25)22-18(26)12-2-6-13(20)7-3-12/h2-9,15H,10H2,1H3,(H2,21,25)(H,22,26)/t15-/m0/s1. The van der Waals surface area contributed by atoms with Crippen LogP contribution in [0.4, 0.5) is 0 Å². The van der Waals surface area contributed by atoms with E-state index in [-0.39, 0.29) is 12.3 Å². The maximum Gasteiger partial charge on any atom is 0.251 e. The fraction of sp³-hybridized carbons (Fsp3) is 0.158. The molecule has 0 bridgehead atoms. The number of hydrogen-bond acceptors (Lipinski definition) is 6. The van der Waals surface area contributed by atoms with Crippen molar-refractivity contribution in [1.29, 1.82) is 0 Å². The van der Waals surface area contributed by atoms with E-state index in [2.05, 4.69) is 15.5 Å². The Morgan fingerprint density at radius 1 is 1.18 bits per heavy atom. The normalized spacial score (nSPS) is 11.6. The van der Waals surface area contributed by atoms with Crippen molar-refractivity contribution in [3.63, 3.8) is 0 Å². The SMILES string of the molecule is COc1ccc(-c2noc([C@H](CC(N)=O)NC(=O)c3ccc(Cl)cc3)n2)cc1. The second-order valence-corrected chi connectivity index (χ2v) is 6.32. The van der Waals surface area contributed by atoms with Crippen molar-refractivity contribution < 1.29 is 18.8 Å². The van der Waals surface area contributed by atoms with Crippen molar-refractivity contribution in [2.24, 2.45) is 5.73 Å². The smallest absolute Gasteiger partial charge is 0.251 e. The van der Waals surface area contributed by atoms with E-state index in [1.165, 1.54) is 0 Å². The van der Waals surface area contributed by atoms with Crippen molar-refractivity contribution in [1.82, 2.24) is 15.5 Å². The highest BCUT2D eigenvalue weighted by Gasteiger charge is 2.24. The summed E-state index contributed by atoms with van der Waals surface area (Å²) in [6, 6.07) is 12.5. The summed E-state index contributed by atoms with van der Waals surface area (Å²) in [7, 11) is 1.57. The molecule has 28 heavy (non-hydrogen) atoms. The monoisotopic (exact) mass is 400 g/mol. The van der Waals surface area contributed by atoms with E-state index in [0.29, 0.717) is 27.7 Å². The number of ether oxygens (including phenoxy) is 1. The summed E-state index contributed by atoms with van der Waals surface area (Å²) < 4.78 is 10.4. The first kappa shape index (κ1) is 19.4. The number of aromatic nitrogens is 2. The van der Waals surface area contributed by atoms with Gasteiger partial charge < -0.3 is 20.3 Å². The highest BCUT2D eigenvalue weighted by molar-refractivity contribution is 6.30. The predicted octanol–water partition coefficient (Wildman–Crippen LogP) is 2.75. The second-order valence-electron chi connectivity index (χ2n) is 5.89. The van der Waals surface area contributed by atoms with E-state index in [1.54, 1.807) is 55.6 Å². The molecule has 3 aromatic rings. The molecule has 144 valence electrons. The molecule has 3 rings (SSSR count). The van der Waals surface area contributed by atoms with Gasteiger partial charge in [-0.2, -0.15) is 4.98 Å². The molecule has 0 saturated heterocycles. The van der Waals surface area contributed by atoms with Gasteiger partial charge in [0.25, 0.3) is 5.91 Å². The van der Waals surface area contributed by atoms with Crippen LogP contribution in [-0.4, -0.2) is 29.1 Å². The molecule has 3 N–H and O–H groups in total. The maximum absolute atomic E-state index is 12.5. The molecule has 0 saturated carbocycles. The van der Waals surface area contributed by atoms with Crippen molar-refractivity contribution >= 4 is 23.4 Å². The number of amides is 2. The summed E-state index contributed by atoms with van der Waals surface area (Å²) in [5, 5.41) is 7.10. The lowest BCUT2D eigenvalue weighted by Gasteiger charge is -2.13. The van der Waals surface area contributed by atoms with Crippen LogP contribution in [0.1, 0.15) is 28.7 Å². The third-order valence-electron chi connectivity index (χ3n) is 3.91. The summed E-state index contributed by atoms with van der Waals surface area (Å²) in [6.07, 6.45) is -0.191.